The summed E-state index contributed by atoms with van der Waals surface area (Å²) in [4.78, 5) is 24.5. The average molecular weight is 371 g/mol. The van der Waals surface area contributed by atoms with Crippen molar-refractivity contribution in [3.05, 3.63) is 59.7 Å². The van der Waals surface area contributed by atoms with Crippen molar-refractivity contribution in [2.45, 2.75) is 32.2 Å². The molecule has 6 heteroatoms. The fourth-order valence-electron chi connectivity index (χ4n) is 2.48. The highest BCUT2D eigenvalue weighted by Gasteiger charge is 2.22. The summed E-state index contributed by atoms with van der Waals surface area (Å²) >= 11 is 0. The van der Waals surface area contributed by atoms with Crippen LogP contribution in [0, 0.1) is 0 Å². The van der Waals surface area contributed by atoms with Crippen molar-refractivity contribution in [1.29, 1.82) is 0 Å². The summed E-state index contributed by atoms with van der Waals surface area (Å²) in [7, 11) is 1.28. The number of nitrogens with one attached hydrogen (secondary N) is 1. The molecule has 0 heterocycles. The minimum atomic E-state index is -0.826. The Labute approximate surface area is 159 Å². The van der Waals surface area contributed by atoms with Gasteiger partial charge in [0.25, 0.3) is 5.91 Å². The molecular weight excluding hydrogens is 346 g/mol. The Bertz CT molecular complexity index is 740. The van der Waals surface area contributed by atoms with Gasteiger partial charge in [-0.15, -0.1) is 0 Å². The lowest BCUT2D eigenvalue weighted by molar-refractivity contribution is -0.142. The molecule has 27 heavy (non-hydrogen) atoms. The van der Waals surface area contributed by atoms with Crippen molar-refractivity contribution in [2.75, 3.05) is 13.7 Å². The molecule has 1 atom stereocenters. The van der Waals surface area contributed by atoms with Gasteiger partial charge in [-0.3, -0.25) is 4.79 Å². The minimum Gasteiger partial charge on any atom is -0.508 e. The second kappa shape index (κ2) is 10.2. The Hall–Kier alpha value is -3.02. The molecule has 0 saturated heterocycles. The fourth-order valence-corrected chi connectivity index (χ4v) is 2.48. The first-order valence-corrected chi connectivity index (χ1v) is 8.93. The Kier molecular flexibility index (Phi) is 7.67. The van der Waals surface area contributed by atoms with Crippen molar-refractivity contribution in [2.24, 2.45) is 0 Å². The van der Waals surface area contributed by atoms with E-state index in [1.807, 2.05) is 0 Å². The van der Waals surface area contributed by atoms with Gasteiger partial charge in [-0.25, -0.2) is 4.79 Å². The van der Waals surface area contributed by atoms with Crippen LogP contribution < -0.4 is 10.1 Å². The molecular formula is C21H25NO5. The van der Waals surface area contributed by atoms with Crippen LogP contribution in [0.25, 0.3) is 0 Å². The summed E-state index contributed by atoms with van der Waals surface area (Å²) in [6.07, 6.45) is 2.29. The van der Waals surface area contributed by atoms with Gasteiger partial charge in [-0.05, 0) is 48.4 Å². The Morgan fingerprint density at radius 2 is 1.74 bits per heavy atom. The highest BCUT2D eigenvalue weighted by molar-refractivity contribution is 5.96. The van der Waals surface area contributed by atoms with Gasteiger partial charge in [0.2, 0.25) is 0 Å². The molecule has 0 aliphatic carbocycles. The van der Waals surface area contributed by atoms with Crippen molar-refractivity contribution >= 4 is 11.9 Å². The summed E-state index contributed by atoms with van der Waals surface area (Å²) in [5.74, 6) is -0.0625. The predicted octanol–water partition coefficient (Wildman–Crippen LogP) is 3.09. The Morgan fingerprint density at radius 1 is 1.07 bits per heavy atom. The first-order valence-electron chi connectivity index (χ1n) is 8.93. The lowest BCUT2D eigenvalue weighted by Gasteiger charge is -2.17. The number of methoxy groups -OCH3 is 1. The maximum absolute atomic E-state index is 12.5. The van der Waals surface area contributed by atoms with Gasteiger partial charge in [0.05, 0.1) is 13.7 Å². The normalized spacial score (nSPS) is 11.5. The number of benzene rings is 2. The van der Waals surface area contributed by atoms with Gasteiger partial charge in [0.15, 0.2) is 0 Å². The Balaban J connectivity index is 2.02. The lowest BCUT2D eigenvalue weighted by atomic mass is 10.1. The van der Waals surface area contributed by atoms with E-state index in [9.17, 15) is 14.7 Å². The highest BCUT2D eigenvalue weighted by Crippen LogP contribution is 2.14. The molecule has 0 radical (unpaired) electrons. The third kappa shape index (κ3) is 6.33. The highest BCUT2D eigenvalue weighted by atomic mass is 16.5. The SMILES string of the molecule is CCCCOc1ccc(C(=O)N[C@H](Cc2ccc(O)cc2)C(=O)OC)cc1. The van der Waals surface area contributed by atoms with E-state index < -0.39 is 12.0 Å². The number of carbonyl (C=O) groups excluding carboxylic acids is 2. The van der Waals surface area contributed by atoms with E-state index in [1.165, 1.54) is 19.2 Å². The third-order valence-corrected chi connectivity index (χ3v) is 4.05. The molecule has 0 unspecified atom stereocenters. The molecule has 0 bridgehead atoms. The van der Waals surface area contributed by atoms with Gasteiger partial charge < -0.3 is 19.9 Å². The number of amides is 1. The van der Waals surface area contributed by atoms with Crippen LogP contribution in [0.4, 0.5) is 0 Å². The van der Waals surface area contributed by atoms with Gasteiger partial charge in [-0.2, -0.15) is 0 Å². The minimum absolute atomic E-state index is 0.138. The molecule has 2 aromatic rings. The number of unbranched alkanes of at least 4 members (excludes halogenated alkanes) is 1. The lowest BCUT2D eigenvalue weighted by Crippen LogP contribution is -2.43. The number of rotatable bonds is 9. The summed E-state index contributed by atoms with van der Waals surface area (Å²) < 4.78 is 10.4. The van der Waals surface area contributed by atoms with Crippen LogP contribution in [-0.4, -0.2) is 36.7 Å². The molecule has 2 N–H and O–H groups in total. The molecule has 0 aliphatic heterocycles. The summed E-state index contributed by atoms with van der Waals surface area (Å²) in [5.41, 5.74) is 1.22. The van der Waals surface area contributed by atoms with E-state index in [4.69, 9.17) is 9.47 Å². The van der Waals surface area contributed by atoms with Crippen molar-refractivity contribution < 1.29 is 24.2 Å². The van der Waals surface area contributed by atoms with Crippen molar-refractivity contribution in [3.63, 3.8) is 0 Å². The standard InChI is InChI=1S/C21H25NO5/c1-3-4-13-27-18-11-7-16(8-12-18)20(24)22-19(21(25)26-2)14-15-5-9-17(23)10-6-15/h5-12,19,23H,3-4,13-14H2,1-2H3,(H,22,24)/t19-/m1/s1. The van der Waals surface area contributed by atoms with Crippen LogP contribution in [-0.2, 0) is 16.0 Å². The zero-order valence-electron chi connectivity index (χ0n) is 15.6. The van der Waals surface area contributed by atoms with E-state index in [-0.39, 0.29) is 18.1 Å². The van der Waals surface area contributed by atoms with Crippen LogP contribution in [0.15, 0.2) is 48.5 Å². The van der Waals surface area contributed by atoms with Crippen molar-refractivity contribution in [3.8, 4) is 11.5 Å². The second-order valence-electron chi connectivity index (χ2n) is 6.15. The van der Waals surface area contributed by atoms with Crippen LogP contribution in [0.2, 0.25) is 0 Å². The van der Waals surface area contributed by atoms with Crippen LogP contribution in [0.5, 0.6) is 11.5 Å². The number of hydrogen-bond acceptors (Lipinski definition) is 5. The molecule has 144 valence electrons. The number of aromatic hydroxyl groups is 1. The van der Waals surface area contributed by atoms with E-state index in [0.29, 0.717) is 17.9 Å². The summed E-state index contributed by atoms with van der Waals surface area (Å²) in [6, 6.07) is 12.4. The van der Waals surface area contributed by atoms with E-state index >= 15 is 0 Å². The second-order valence-corrected chi connectivity index (χ2v) is 6.15. The number of phenols is 1. The molecule has 0 saturated carbocycles. The smallest absolute Gasteiger partial charge is 0.328 e. The predicted molar refractivity (Wildman–Crippen MR) is 102 cm³/mol. The molecule has 0 aromatic heterocycles. The first-order chi connectivity index (χ1) is 13.0. The number of carbonyl (C=O) groups is 2. The van der Waals surface area contributed by atoms with Gasteiger partial charge >= 0.3 is 5.97 Å². The fraction of sp³-hybridized carbons (Fsp3) is 0.333. The molecule has 6 nitrogen and oxygen atoms in total. The molecule has 0 spiro atoms. The topological polar surface area (TPSA) is 84.9 Å². The summed E-state index contributed by atoms with van der Waals surface area (Å²) in [5, 5.41) is 12.1. The molecule has 0 aliphatic rings. The Morgan fingerprint density at radius 3 is 2.33 bits per heavy atom. The third-order valence-electron chi connectivity index (χ3n) is 4.05. The molecule has 2 rings (SSSR count). The zero-order chi connectivity index (χ0) is 19.6. The summed E-state index contributed by atoms with van der Waals surface area (Å²) in [6.45, 7) is 2.73. The maximum Gasteiger partial charge on any atom is 0.328 e. The number of hydrogen-bond donors (Lipinski definition) is 2. The molecule has 0 fully saturated rings. The van der Waals surface area contributed by atoms with Crippen LogP contribution in [0.3, 0.4) is 0 Å². The van der Waals surface area contributed by atoms with Gasteiger partial charge in [0.1, 0.15) is 17.5 Å². The first kappa shape index (κ1) is 20.3. The maximum atomic E-state index is 12.5. The largest absolute Gasteiger partial charge is 0.508 e. The van der Waals surface area contributed by atoms with Crippen molar-refractivity contribution in [1.82, 2.24) is 5.32 Å². The number of esters is 1. The zero-order valence-corrected chi connectivity index (χ0v) is 15.6. The quantitative estimate of drug-likeness (QED) is 0.523. The molecule has 2 aromatic carbocycles. The van der Waals surface area contributed by atoms with Gasteiger partial charge in [-0.1, -0.05) is 25.5 Å². The average Bonchev–Trinajstić information content (AvgIpc) is 2.69. The monoisotopic (exact) mass is 371 g/mol. The number of ether oxygens (including phenoxy) is 2. The van der Waals surface area contributed by atoms with Crippen LogP contribution >= 0.6 is 0 Å². The molecule has 1 amide bonds. The number of phenolic OH excluding ortho intramolecular Hbond substituents is 1. The van der Waals surface area contributed by atoms with Crippen LogP contribution in [0.1, 0.15) is 35.7 Å². The van der Waals surface area contributed by atoms with Gasteiger partial charge in [0, 0.05) is 12.0 Å². The van der Waals surface area contributed by atoms with E-state index in [2.05, 4.69) is 12.2 Å². The van der Waals surface area contributed by atoms with E-state index in [0.717, 1.165) is 18.4 Å². The van der Waals surface area contributed by atoms with E-state index in [1.54, 1.807) is 36.4 Å².